The van der Waals surface area contributed by atoms with E-state index in [1.54, 1.807) is 4.52 Å². The van der Waals surface area contributed by atoms with Gasteiger partial charge in [0.15, 0.2) is 11.5 Å². The first-order valence-corrected chi connectivity index (χ1v) is 6.57. The summed E-state index contributed by atoms with van der Waals surface area (Å²) < 4.78 is 2.76. The molecule has 90 valence electrons. The third kappa shape index (κ3) is 2.16. The van der Waals surface area contributed by atoms with Gasteiger partial charge in [0.2, 0.25) is 0 Å². The van der Waals surface area contributed by atoms with Crippen LogP contribution in [0.5, 0.6) is 0 Å². The fourth-order valence-corrected chi connectivity index (χ4v) is 2.30. The third-order valence-corrected chi connectivity index (χ3v) is 3.46. The smallest absolute Gasteiger partial charge is 0.169 e. The van der Waals surface area contributed by atoms with E-state index in [-0.39, 0.29) is 0 Å². The van der Waals surface area contributed by atoms with Crippen molar-refractivity contribution in [1.29, 1.82) is 0 Å². The Kier molecular flexibility index (Phi) is 2.88. The molecule has 2 aromatic heterocycles. The molecule has 0 spiro atoms. The maximum Gasteiger partial charge on any atom is 0.169 e. The average molecular weight is 302 g/mol. The van der Waals surface area contributed by atoms with Gasteiger partial charge >= 0.3 is 0 Å². The first kappa shape index (κ1) is 11.4. The van der Waals surface area contributed by atoms with Gasteiger partial charge in [-0.1, -0.05) is 29.8 Å². The summed E-state index contributed by atoms with van der Waals surface area (Å²) in [6, 6.07) is 12.4. The van der Waals surface area contributed by atoms with Gasteiger partial charge in [0.25, 0.3) is 0 Å². The number of fused-ring (bicyclic) bond motifs is 1. The summed E-state index contributed by atoms with van der Waals surface area (Å²) in [5.41, 5.74) is 3.36. The molecule has 1 aromatic carbocycles. The largest absolute Gasteiger partial charge is 0.220 e. The van der Waals surface area contributed by atoms with Crippen LogP contribution in [0.2, 0.25) is 0 Å². The highest BCUT2D eigenvalue weighted by Crippen LogP contribution is 2.16. The Bertz CT molecular complexity index is 686. The second-order valence-corrected chi connectivity index (χ2v) is 5.17. The van der Waals surface area contributed by atoms with Gasteiger partial charge in [-0.3, -0.25) is 0 Å². The number of aromatic nitrogens is 3. The van der Waals surface area contributed by atoms with Crippen molar-refractivity contribution in [3.63, 3.8) is 0 Å². The average Bonchev–Trinajstić information content (AvgIpc) is 2.76. The van der Waals surface area contributed by atoms with Crippen LogP contribution >= 0.6 is 15.9 Å². The van der Waals surface area contributed by atoms with Crippen molar-refractivity contribution in [3.05, 3.63) is 64.0 Å². The van der Waals surface area contributed by atoms with Crippen molar-refractivity contribution in [2.45, 2.75) is 13.3 Å². The van der Waals surface area contributed by atoms with Gasteiger partial charge in [0, 0.05) is 12.6 Å². The summed E-state index contributed by atoms with van der Waals surface area (Å²) in [5, 5.41) is 4.47. The van der Waals surface area contributed by atoms with Crippen molar-refractivity contribution in [3.8, 4) is 0 Å². The molecule has 0 N–H and O–H groups in total. The lowest BCUT2D eigenvalue weighted by Gasteiger charge is -1.97. The molecular formula is C14H12BrN3. The number of halogens is 1. The zero-order valence-corrected chi connectivity index (χ0v) is 11.6. The summed E-state index contributed by atoms with van der Waals surface area (Å²) in [4.78, 5) is 4.53. The topological polar surface area (TPSA) is 30.2 Å². The van der Waals surface area contributed by atoms with Gasteiger partial charge in [-0.05, 0) is 40.5 Å². The number of nitrogens with zero attached hydrogens (tertiary/aromatic N) is 3. The van der Waals surface area contributed by atoms with Crippen LogP contribution < -0.4 is 0 Å². The molecule has 3 rings (SSSR count). The first-order valence-electron chi connectivity index (χ1n) is 5.78. The van der Waals surface area contributed by atoms with E-state index < -0.39 is 0 Å². The molecule has 0 unspecified atom stereocenters. The van der Waals surface area contributed by atoms with Crippen molar-refractivity contribution in [2.75, 3.05) is 0 Å². The summed E-state index contributed by atoms with van der Waals surface area (Å²) >= 11 is 3.48. The lowest BCUT2D eigenvalue weighted by molar-refractivity contribution is 0.899. The normalized spacial score (nSPS) is 11.0. The highest BCUT2D eigenvalue weighted by atomic mass is 79.9. The maximum atomic E-state index is 4.53. The van der Waals surface area contributed by atoms with E-state index in [1.807, 2.05) is 18.3 Å². The highest BCUT2D eigenvalue weighted by molar-refractivity contribution is 9.10. The van der Waals surface area contributed by atoms with E-state index in [2.05, 4.69) is 57.2 Å². The quantitative estimate of drug-likeness (QED) is 0.726. The van der Waals surface area contributed by atoms with Gasteiger partial charge in [-0.2, -0.15) is 5.10 Å². The van der Waals surface area contributed by atoms with E-state index in [9.17, 15) is 0 Å². The molecule has 0 atom stereocenters. The molecule has 0 aliphatic carbocycles. The van der Waals surface area contributed by atoms with E-state index in [4.69, 9.17) is 0 Å². The predicted octanol–water partition coefficient (Wildman–Crippen LogP) is 3.39. The van der Waals surface area contributed by atoms with Gasteiger partial charge in [-0.25, -0.2) is 9.50 Å². The third-order valence-electron chi connectivity index (χ3n) is 2.84. The summed E-state index contributed by atoms with van der Waals surface area (Å²) in [6.07, 6.45) is 2.67. The van der Waals surface area contributed by atoms with E-state index in [1.165, 1.54) is 11.1 Å². The molecule has 4 heteroatoms. The minimum Gasteiger partial charge on any atom is -0.220 e. The number of aryl methyl sites for hydroxylation is 1. The SMILES string of the molecule is Cc1ccc(Cc2nc3c(Br)cccn3n2)cc1. The number of hydrogen-bond acceptors (Lipinski definition) is 2. The Balaban J connectivity index is 1.95. The highest BCUT2D eigenvalue weighted by Gasteiger charge is 2.06. The molecule has 3 aromatic rings. The monoisotopic (exact) mass is 301 g/mol. The lowest BCUT2D eigenvalue weighted by atomic mass is 10.1. The van der Waals surface area contributed by atoms with Crippen molar-refractivity contribution in [2.24, 2.45) is 0 Å². The summed E-state index contributed by atoms with van der Waals surface area (Å²) in [5.74, 6) is 0.839. The maximum absolute atomic E-state index is 4.53. The Morgan fingerprint density at radius 2 is 1.94 bits per heavy atom. The van der Waals surface area contributed by atoms with Crippen LogP contribution in [-0.2, 0) is 6.42 Å². The molecule has 0 saturated heterocycles. The molecule has 0 aliphatic rings. The van der Waals surface area contributed by atoms with Crippen molar-refractivity contribution < 1.29 is 0 Å². The fourth-order valence-electron chi connectivity index (χ4n) is 1.88. The van der Waals surface area contributed by atoms with E-state index in [0.717, 1.165) is 22.4 Å². The predicted molar refractivity (Wildman–Crippen MR) is 74.7 cm³/mol. The second-order valence-electron chi connectivity index (χ2n) is 4.31. The Morgan fingerprint density at radius 1 is 1.17 bits per heavy atom. The number of rotatable bonds is 2. The van der Waals surface area contributed by atoms with Crippen molar-refractivity contribution in [1.82, 2.24) is 14.6 Å². The molecular weight excluding hydrogens is 290 g/mol. The Labute approximate surface area is 114 Å². The summed E-state index contributed by atoms with van der Waals surface area (Å²) in [6.45, 7) is 2.09. The molecule has 0 radical (unpaired) electrons. The number of hydrogen-bond donors (Lipinski definition) is 0. The molecule has 3 nitrogen and oxygen atoms in total. The summed E-state index contributed by atoms with van der Waals surface area (Å²) in [7, 11) is 0. The minimum absolute atomic E-state index is 0.758. The van der Waals surface area contributed by atoms with Crippen molar-refractivity contribution >= 4 is 21.6 Å². The van der Waals surface area contributed by atoms with Gasteiger partial charge in [-0.15, -0.1) is 0 Å². The Morgan fingerprint density at radius 3 is 2.67 bits per heavy atom. The van der Waals surface area contributed by atoms with Gasteiger partial charge in [0.05, 0.1) is 4.47 Å². The molecule has 18 heavy (non-hydrogen) atoms. The van der Waals surface area contributed by atoms with E-state index in [0.29, 0.717) is 0 Å². The van der Waals surface area contributed by atoms with Crippen LogP contribution in [0, 0.1) is 6.92 Å². The lowest BCUT2D eigenvalue weighted by Crippen LogP contribution is -1.92. The molecule has 0 aliphatic heterocycles. The van der Waals surface area contributed by atoms with Gasteiger partial charge in [0.1, 0.15) is 0 Å². The number of benzene rings is 1. The standard InChI is InChI=1S/C14H12BrN3/c1-10-4-6-11(7-5-10)9-13-16-14-12(15)3-2-8-18(14)17-13/h2-8H,9H2,1H3. The van der Waals surface area contributed by atoms with Crippen LogP contribution in [0.15, 0.2) is 47.1 Å². The number of pyridine rings is 1. The zero-order valence-electron chi connectivity index (χ0n) is 9.97. The first-order chi connectivity index (χ1) is 8.72. The zero-order chi connectivity index (χ0) is 12.5. The van der Waals surface area contributed by atoms with Crippen LogP contribution in [0.3, 0.4) is 0 Å². The minimum atomic E-state index is 0.758. The second kappa shape index (κ2) is 4.53. The van der Waals surface area contributed by atoms with Crippen LogP contribution in [0.1, 0.15) is 17.0 Å². The molecule has 0 bridgehead atoms. The molecule has 2 heterocycles. The van der Waals surface area contributed by atoms with Crippen LogP contribution in [0.25, 0.3) is 5.65 Å². The fraction of sp³-hybridized carbons (Fsp3) is 0.143. The molecule has 0 saturated carbocycles. The molecule has 0 amide bonds. The van der Waals surface area contributed by atoms with Crippen LogP contribution in [0.4, 0.5) is 0 Å². The molecule has 0 fully saturated rings. The Hall–Kier alpha value is -1.68. The van der Waals surface area contributed by atoms with E-state index >= 15 is 0 Å². The van der Waals surface area contributed by atoms with Crippen LogP contribution in [-0.4, -0.2) is 14.6 Å². The van der Waals surface area contributed by atoms with Gasteiger partial charge < -0.3 is 0 Å².